The van der Waals surface area contributed by atoms with Crippen molar-refractivity contribution >= 4 is 11.9 Å². The molecular formula is C8H11N3O4. The third-order valence-electron chi connectivity index (χ3n) is 1.38. The highest BCUT2D eigenvalue weighted by atomic mass is 16.6. The van der Waals surface area contributed by atoms with Crippen LogP contribution < -0.4 is 0 Å². The van der Waals surface area contributed by atoms with Gasteiger partial charge in [0.05, 0.1) is 12.3 Å². The van der Waals surface area contributed by atoms with Gasteiger partial charge in [0.1, 0.15) is 5.60 Å². The van der Waals surface area contributed by atoms with Gasteiger partial charge in [-0.3, -0.25) is 0 Å². The highest BCUT2D eigenvalue weighted by Crippen LogP contribution is 2.13. The van der Waals surface area contributed by atoms with Crippen LogP contribution in [0.4, 0.5) is 10.6 Å². The van der Waals surface area contributed by atoms with E-state index in [0.717, 1.165) is 6.07 Å². The monoisotopic (exact) mass is 213 g/mol. The maximum atomic E-state index is 11.4. The topological polar surface area (TPSA) is 87.3 Å². The standard InChI is InChI=1S/C8H11N3O4/c1-8(2,3)15-7(12)10-6(11(13)14)4-5-9-10/h4-5H,1-3H3. The molecule has 1 heterocycles. The molecule has 0 spiro atoms. The van der Waals surface area contributed by atoms with Crippen LogP contribution in [0.5, 0.6) is 0 Å². The molecule has 0 aliphatic heterocycles. The minimum absolute atomic E-state index is 0.413. The number of nitro groups is 1. The van der Waals surface area contributed by atoms with E-state index in [1.807, 2.05) is 0 Å². The lowest BCUT2D eigenvalue weighted by molar-refractivity contribution is -0.391. The second-order valence-electron chi connectivity index (χ2n) is 3.84. The summed E-state index contributed by atoms with van der Waals surface area (Å²) in [5.41, 5.74) is -0.711. The number of hydrogen-bond acceptors (Lipinski definition) is 5. The second-order valence-corrected chi connectivity index (χ2v) is 3.84. The van der Waals surface area contributed by atoms with E-state index in [9.17, 15) is 14.9 Å². The molecule has 0 N–H and O–H groups in total. The van der Waals surface area contributed by atoms with Gasteiger partial charge in [0.2, 0.25) is 0 Å². The van der Waals surface area contributed by atoms with Crippen LogP contribution in [0, 0.1) is 10.1 Å². The quantitative estimate of drug-likeness (QED) is 0.522. The maximum Gasteiger partial charge on any atom is 0.534 e. The fourth-order valence-electron chi connectivity index (χ4n) is 0.880. The molecule has 1 rings (SSSR count). The molecule has 0 fully saturated rings. The van der Waals surface area contributed by atoms with Crippen LogP contribution in [0.2, 0.25) is 0 Å². The van der Waals surface area contributed by atoms with Gasteiger partial charge in [-0.15, -0.1) is 0 Å². The van der Waals surface area contributed by atoms with Gasteiger partial charge in [0.25, 0.3) is 0 Å². The van der Waals surface area contributed by atoms with Crippen LogP contribution in [0.25, 0.3) is 0 Å². The Labute approximate surface area is 85.8 Å². The Balaban J connectivity index is 2.92. The summed E-state index contributed by atoms with van der Waals surface area (Å²) in [4.78, 5) is 21.2. The van der Waals surface area contributed by atoms with Crippen molar-refractivity contribution in [2.24, 2.45) is 0 Å². The molecule has 0 saturated heterocycles. The first-order valence-electron chi connectivity index (χ1n) is 4.23. The van der Waals surface area contributed by atoms with E-state index >= 15 is 0 Å². The van der Waals surface area contributed by atoms with Crippen LogP contribution in [0.15, 0.2) is 12.3 Å². The molecular weight excluding hydrogens is 202 g/mol. The van der Waals surface area contributed by atoms with E-state index in [1.165, 1.54) is 6.20 Å². The lowest BCUT2D eigenvalue weighted by Gasteiger charge is -2.16. The molecule has 0 aliphatic rings. The summed E-state index contributed by atoms with van der Waals surface area (Å²) in [6, 6.07) is 1.13. The van der Waals surface area contributed by atoms with Gasteiger partial charge in [0.15, 0.2) is 0 Å². The molecule has 0 saturated carbocycles. The molecule has 7 heteroatoms. The molecule has 0 atom stereocenters. The van der Waals surface area contributed by atoms with Crippen molar-refractivity contribution in [3.05, 3.63) is 22.4 Å². The van der Waals surface area contributed by atoms with Crippen LogP contribution in [-0.2, 0) is 4.74 Å². The van der Waals surface area contributed by atoms with Crippen LogP contribution in [-0.4, -0.2) is 26.4 Å². The normalized spacial score (nSPS) is 11.1. The van der Waals surface area contributed by atoms with E-state index in [2.05, 4.69) is 5.10 Å². The van der Waals surface area contributed by atoms with E-state index < -0.39 is 22.4 Å². The van der Waals surface area contributed by atoms with Crippen molar-refractivity contribution in [3.63, 3.8) is 0 Å². The van der Waals surface area contributed by atoms with Gasteiger partial charge in [-0.2, -0.15) is 4.79 Å². The molecule has 1 aromatic heterocycles. The van der Waals surface area contributed by atoms with Crippen molar-refractivity contribution in [3.8, 4) is 0 Å². The maximum absolute atomic E-state index is 11.4. The number of carbonyl (C=O) groups is 1. The Bertz CT molecular complexity index is 391. The Morgan fingerprint density at radius 2 is 2.20 bits per heavy atom. The molecule has 7 nitrogen and oxygen atoms in total. The third kappa shape index (κ3) is 2.76. The number of ether oxygens (including phenoxy) is 1. The molecule has 1 aromatic rings. The third-order valence-corrected chi connectivity index (χ3v) is 1.38. The van der Waals surface area contributed by atoms with Crippen LogP contribution in [0.3, 0.4) is 0 Å². The van der Waals surface area contributed by atoms with E-state index in [4.69, 9.17) is 4.74 Å². The Hall–Kier alpha value is -1.92. The largest absolute Gasteiger partial charge is 0.534 e. The summed E-state index contributed by atoms with van der Waals surface area (Å²) in [7, 11) is 0. The van der Waals surface area contributed by atoms with Gasteiger partial charge in [-0.1, -0.05) is 5.10 Å². The average Bonchev–Trinajstić information content (AvgIpc) is 2.47. The van der Waals surface area contributed by atoms with Gasteiger partial charge in [0, 0.05) is 0 Å². The van der Waals surface area contributed by atoms with Gasteiger partial charge >= 0.3 is 11.9 Å². The average molecular weight is 213 g/mol. The Kier molecular flexibility index (Phi) is 2.74. The van der Waals surface area contributed by atoms with Crippen molar-refractivity contribution in [2.75, 3.05) is 0 Å². The first-order chi connectivity index (χ1) is 6.81. The first kappa shape index (κ1) is 11.2. The summed E-state index contributed by atoms with van der Waals surface area (Å²) in [5.74, 6) is -0.413. The fraction of sp³-hybridized carbons (Fsp3) is 0.500. The second kappa shape index (κ2) is 3.68. The van der Waals surface area contributed by atoms with Crippen molar-refractivity contribution in [2.45, 2.75) is 26.4 Å². The molecule has 0 aliphatic carbocycles. The first-order valence-corrected chi connectivity index (χ1v) is 4.23. The fourth-order valence-corrected chi connectivity index (χ4v) is 0.880. The van der Waals surface area contributed by atoms with Crippen molar-refractivity contribution in [1.29, 1.82) is 0 Å². The molecule has 82 valence electrons. The highest BCUT2D eigenvalue weighted by molar-refractivity contribution is 5.72. The van der Waals surface area contributed by atoms with E-state index in [0.29, 0.717) is 4.68 Å². The van der Waals surface area contributed by atoms with Crippen molar-refractivity contribution < 1.29 is 14.5 Å². The zero-order valence-electron chi connectivity index (χ0n) is 8.63. The smallest absolute Gasteiger partial charge is 0.424 e. The van der Waals surface area contributed by atoms with Gasteiger partial charge in [-0.25, -0.2) is 0 Å². The van der Waals surface area contributed by atoms with Crippen LogP contribution >= 0.6 is 0 Å². The summed E-state index contributed by atoms with van der Waals surface area (Å²) in [5, 5.41) is 14.0. The predicted octanol–water partition coefficient (Wildman–Crippen LogP) is 1.57. The number of rotatable bonds is 1. The SMILES string of the molecule is CC(C)(C)OC(=O)n1nccc1[N+](=O)[O-]. The molecule has 0 amide bonds. The Morgan fingerprint density at radius 1 is 1.60 bits per heavy atom. The summed E-state index contributed by atoms with van der Waals surface area (Å²) >= 11 is 0. The van der Waals surface area contributed by atoms with E-state index in [-0.39, 0.29) is 0 Å². The minimum Gasteiger partial charge on any atom is -0.424 e. The summed E-state index contributed by atoms with van der Waals surface area (Å²) < 4.78 is 5.55. The molecule has 0 aromatic carbocycles. The molecule has 0 bridgehead atoms. The minimum atomic E-state index is -0.862. The predicted molar refractivity (Wildman–Crippen MR) is 50.5 cm³/mol. The molecule has 0 unspecified atom stereocenters. The molecule has 0 radical (unpaired) electrons. The van der Waals surface area contributed by atoms with E-state index in [1.54, 1.807) is 20.8 Å². The van der Waals surface area contributed by atoms with Gasteiger partial charge < -0.3 is 14.9 Å². The lowest BCUT2D eigenvalue weighted by Crippen LogP contribution is -2.28. The Morgan fingerprint density at radius 3 is 2.67 bits per heavy atom. The summed E-state index contributed by atoms with van der Waals surface area (Å²) in [6.07, 6.45) is 0.307. The number of hydrogen-bond donors (Lipinski definition) is 0. The zero-order valence-corrected chi connectivity index (χ0v) is 8.63. The number of carbonyl (C=O) groups excluding carboxylic acids is 1. The molecule has 15 heavy (non-hydrogen) atoms. The summed E-state index contributed by atoms with van der Waals surface area (Å²) in [6.45, 7) is 5.00. The van der Waals surface area contributed by atoms with Crippen molar-refractivity contribution in [1.82, 2.24) is 9.78 Å². The number of aromatic nitrogens is 2. The number of nitrogens with zero attached hydrogens (tertiary/aromatic N) is 3. The zero-order chi connectivity index (χ0) is 11.6. The van der Waals surface area contributed by atoms with Crippen LogP contribution in [0.1, 0.15) is 20.8 Å². The lowest BCUT2D eigenvalue weighted by atomic mass is 10.2. The van der Waals surface area contributed by atoms with Gasteiger partial charge in [-0.05, 0) is 30.4 Å². The highest BCUT2D eigenvalue weighted by Gasteiger charge is 2.27.